The highest BCUT2D eigenvalue weighted by atomic mass is 32.1. The van der Waals surface area contributed by atoms with Crippen molar-refractivity contribution in [3.8, 4) is 0 Å². The number of H-pyrrole nitrogens is 1. The number of hydrogen-bond donors (Lipinski definition) is 1. The Morgan fingerprint density at radius 3 is 2.77 bits per heavy atom. The number of para-hydroxylation sites is 1. The molecule has 8 heteroatoms. The number of thiazole rings is 1. The van der Waals surface area contributed by atoms with Crippen LogP contribution in [0.25, 0.3) is 10.9 Å². The fraction of sp³-hybridized carbons (Fsp3) is 0.333. The molecule has 0 aliphatic carbocycles. The van der Waals surface area contributed by atoms with Gasteiger partial charge in [0, 0.05) is 30.6 Å². The van der Waals surface area contributed by atoms with E-state index in [0.717, 1.165) is 17.0 Å². The molecule has 0 unspecified atom stereocenters. The van der Waals surface area contributed by atoms with Crippen molar-refractivity contribution in [2.45, 2.75) is 33.4 Å². The molecule has 0 atom stereocenters. The summed E-state index contributed by atoms with van der Waals surface area (Å²) in [5, 5.41) is 2.31. The lowest BCUT2D eigenvalue weighted by molar-refractivity contribution is -0.132. The van der Waals surface area contributed by atoms with Crippen LogP contribution in [-0.4, -0.2) is 31.9 Å². The first-order valence-electron chi connectivity index (χ1n) is 8.40. The van der Waals surface area contributed by atoms with Gasteiger partial charge < -0.3 is 14.5 Å². The number of aryl methyl sites for hydroxylation is 1. The largest absolute Gasteiger partial charge is 0.335 e. The Morgan fingerprint density at radius 1 is 1.31 bits per heavy atom. The number of amides is 1. The molecule has 0 fully saturated rings. The van der Waals surface area contributed by atoms with Crippen LogP contribution in [0.15, 0.2) is 39.2 Å². The fourth-order valence-electron chi connectivity index (χ4n) is 2.81. The Kier molecular flexibility index (Phi) is 5.32. The van der Waals surface area contributed by atoms with Crippen LogP contribution < -0.4 is 10.4 Å². The predicted molar refractivity (Wildman–Crippen MR) is 101 cm³/mol. The Balaban J connectivity index is 1.74. The highest BCUT2D eigenvalue weighted by Gasteiger charge is 2.15. The molecule has 1 N–H and O–H groups in total. The van der Waals surface area contributed by atoms with E-state index in [4.69, 9.17) is 0 Å². The average Bonchev–Trinajstić information content (AvgIpc) is 2.95. The minimum Gasteiger partial charge on any atom is -0.335 e. The third-order valence-electron chi connectivity index (χ3n) is 4.26. The molecule has 3 rings (SSSR count). The summed E-state index contributed by atoms with van der Waals surface area (Å²) in [6.45, 7) is 4.80. The molecule has 0 saturated heterocycles. The van der Waals surface area contributed by atoms with E-state index in [-0.39, 0.29) is 29.3 Å². The number of carbonyl (C=O) groups excluding carboxylic acids is 1. The van der Waals surface area contributed by atoms with E-state index in [1.54, 1.807) is 33.0 Å². The second-order valence-corrected chi connectivity index (χ2v) is 6.80. The number of fused-ring (bicyclic) bond motifs is 1. The van der Waals surface area contributed by atoms with Crippen LogP contribution in [0.3, 0.4) is 0 Å². The summed E-state index contributed by atoms with van der Waals surface area (Å²) >= 11 is 1.13. The number of nitrogens with one attached hydrogen (secondary N) is 1. The van der Waals surface area contributed by atoms with Crippen molar-refractivity contribution in [1.29, 1.82) is 0 Å². The molecule has 1 amide bonds. The topological polar surface area (TPSA) is 88.1 Å². The lowest BCUT2D eigenvalue weighted by atomic mass is 10.2. The number of rotatable bonds is 6. The molecule has 0 spiro atoms. The van der Waals surface area contributed by atoms with Crippen molar-refractivity contribution in [3.05, 3.63) is 61.2 Å². The van der Waals surface area contributed by atoms with Gasteiger partial charge in [-0.1, -0.05) is 23.5 Å². The molecule has 2 aromatic heterocycles. The van der Waals surface area contributed by atoms with Gasteiger partial charge in [0.2, 0.25) is 5.91 Å². The molecule has 3 aromatic rings. The SMILES string of the molecule is CCN(Cc1nc2ccccc2c(=O)[nH]1)C(=O)CCn1c(C)csc1=O. The summed E-state index contributed by atoms with van der Waals surface area (Å²) < 4.78 is 1.60. The molecule has 2 heterocycles. The Morgan fingerprint density at radius 2 is 2.08 bits per heavy atom. The fourth-order valence-corrected chi connectivity index (χ4v) is 3.57. The molecule has 7 nitrogen and oxygen atoms in total. The minimum atomic E-state index is -0.213. The Bertz CT molecular complexity index is 1050. The van der Waals surface area contributed by atoms with E-state index in [9.17, 15) is 14.4 Å². The number of hydrogen-bond acceptors (Lipinski definition) is 5. The predicted octanol–water partition coefficient (Wildman–Crippen LogP) is 1.89. The summed E-state index contributed by atoms with van der Waals surface area (Å²) in [5.74, 6) is 0.369. The average molecular weight is 372 g/mol. The second-order valence-electron chi connectivity index (χ2n) is 5.98. The van der Waals surface area contributed by atoms with Gasteiger partial charge in [0.1, 0.15) is 5.82 Å². The highest BCUT2D eigenvalue weighted by Crippen LogP contribution is 2.09. The van der Waals surface area contributed by atoms with Crippen LogP contribution in [0.5, 0.6) is 0 Å². The maximum atomic E-state index is 12.5. The van der Waals surface area contributed by atoms with Crippen LogP contribution in [0, 0.1) is 6.92 Å². The van der Waals surface area contributed by atoms with E-state index in [1.165, 1.54) is 0 Å². The molecule has 1 aromatic carbocycles. The van der Waals surface area contributed by atoms with Crippen molar-refractivity contribution in [1.82, 2.24) is 19.4 Å². The van der Waals surface area contributed by atoms with E-state index < -0.39 is 0 Å². The van der Waals surface area contributed by atoms with Crippen LogP contribution in [0.4, 0.5) is 0 Å². The van der Waals surface area contributed by atoms with Gasteiger partial charge in [-0.25, -0.2) is 4.98 Å². The smallest absolute Gasteiger partial charge is 0.307 e. The van der Waals surface area contributed by atoms with Gasteiger partial charge in [-0.2, -0.15) is 0 Å². The first-order valence-corrected chi connectivity index (χ1v) is 9.28. The van der Waals surface area contributed by atoms with Gasteiger partial charge >= 0.3 is 4.87 Å². The summed E-state index contributed by atoms with van der Waals surface area (Å²) in [6, 6.07) is 7.10. The van der Waals surface area contributed by atoms with E-state index in [1.807, 2.05) is 19.9 Å². The minimum absolute atomic E-state index is 0.0566. The van der Waals surface area contributed by atoms with Crippen molar-refractivity contribution in [3.63, 3.8) is 0 Å². The van der Waals surface area contributed by atoms with E-state index in [0.29, 0.717) is 29.8 Å². The molecular formula is C18H20N4O3S. The number of benzene rings is 1. The second kappa shape index (κ2) is 7.65. The lowest BCUT2D eigenvalue weighted by Gasteiger charge is -2.20. The van der Waals surface area contributed by atoms with Gasteiger partial charge in [-0.3, -0.25) is 14.4 Å². The summed E-state index contributed by atoms with van der Waals surface area (Å²) in [5.41, 5.74) is 1.25. The molecular weight excluding hydrogens is 352 g/mol. The van der Waals surface area contributed by atoms with Crippen LogP contribution in [0.1, 0.15) is 24.9 Å². The van der Waals surface area contributed by atoms with Crippen molar-refractivity contribution in [2.24, 2.45) is 0 Å². The molecule has 0 radical (unpaired) electrons. The lowest BCUT2D eigenvalue weighted by Crippen LogP contribution is -2.33. The van der Waals surface area contributed by atoms with Crippen molar-refractivity contribution < 1.29 is 4.79 Å². The van der Waals surface area contributed by atoms with Crippen LogP contribution in [0.2, 0.25) is 0 Å². The highest BCUT2D eigenvalue weighted by molar-refractivity contribution is 7.07. The summed E-state index contributed by atoms with van der Waals surface area (Å²) in [6.07, 6.45) is 0.225. The molecule has 136 valence electrons. The molecule has 0 aliphatic rings. The standard InChI is InChI=1S/C18H20N4O3S/c1-3-21(16(23)8-9-22-12(2)11-26-18(22)25)10-15-19-14-7-5-4-6-13(14)17(24)20-15/h4-7,11H,3,8-10H2,1-2H3,(H,19,20,24). The molecule has 0 saturated carbocycles. The maximum Gasteiger partial charge on any atom is 0.307 e. The first kappa shape index (κ1) is 18.1. The zero-order chi connectivity index (χ0) is 18.7. The van der Waals surface area contributed by atoms with E-state index in [2.05, 4.69) is 9.97 Å². The molecule has 0 aliphatic heterocycles. The van der Waals surface area contributed by atoms with Crippen molar-refractivity contribution >= 4 is 28.1 Å². The Hall–Kier alpha value is -2.74. The summed E-state index contributed by atoms with van der Waals surface area (Å²) in [4.78, 5) is 45.2. The number of carbonyl (C=O) groups is 1. The first-order chi connectivity index (χ1) is 12.5. The van der Waals surface area contributed by atoms with Gasteiger partial charge in [0.15, 0.2) is 0 Å². The third-order valence-corrected chi connectivity index (χ3v) is 5.14. The maximum absolute atomic E-state index is 12.5. The number of aromatic amines is 1. The van der Waals surface area contributed by atoms with Crippen LogP contribution in [-0.2, 0) is 17.9 Å². The van der Waals surface area contributed by atoms with Gasteiger partial charge in [-0.15, -0.1) is 0 Å². The third kappa shape index (κ3) is 3.75. The zero-order valence-corrected chi connectivity index (χ0v) is 15.5. The monoisotopic (exact) mass is 372 g/mol. The Labute approximate surface area is 153 Å². The summed E-state index contributed by atoms with van der Waals surface area (Å²) in [7, 11) is 0. The normalized spacial score (nSPS) is 11.0. The van der Waals surface area contributed by atoms with Gasteiger partial charge in [0.25, 0.3) is 5.56 Å². The molecule has 26 heavy (non-hydrogen) atoms. The zero-order valence-electron chi connectivity index (χ0n) is 14.7. The van der Waals surface area contributed by atoms with Crippen molar-refractivity contribution in [2.75, 3.05) is 6.54 Å². The van der Waals surface area contributed by atoms with Crippen LogP contribution >= 0.6 is 11.3 Å². The quantitative estimate of drug-likeness (QED) is 0.716. The van der Waals surface area contributed by atoms with Gasteiger partial charge in [0.05, 0.1) is 17.4 Å². The number of aromatic nitrogens is 3. The number of nitrogens with zero attached hydrogens (tertiary/aromatic N) is 3. The van der Waals surface area contributed by atoms with Gasteiger partial charge in [-0.05, 0) is 26.0 Å². The molecule has 0 bridgehead atoms. The van der Waals surface area contributed by atoms with E-state index >= 15 is 0 Å².